The molecule has 4 N–H and O–H groups in total. The van der Waals surface area contributed by atoms with E-state index >= 15 is 0 Å². The van der Waals surface area contributed by atoms with E-state index in [-0.39, 0.29) is 0 Å². The van der Waals surface area contributed by atoms with E-state index in [1.165, 1.54) is 0 Å². The van der Waals surface area contributed by atoms with Crippen molar-refractivity contribution in [2.75, 3.05) is 13.1 Å². The summed E-state index contributed by atoms with van der Waals surface area (Å²) in [4.78, 5) is 44.4. The Hall–Kier alpha value is -3.04. The summed E-state index contributed by atoms with van der Waals surface area (Å²) in [5, 5.41) is 10.8. The fourth-order valence-corrected chi connectivity index (χ4v) is 1.58. The Morgan fingerprint density at radius 2 is 1.71 bits per heavy atom. The Balaban J connectivity index is 3.24. The SMILES string of the molecule is NC(=O)CN(CC(N)=O)C(=O)c1cc(F)ccc1[N+](=O)[O-]. The van der Waals surface area contributed by atoms with Gasteiger partial charge < -0.3 is 16.4 Å². The molecule has 1 rings (SSSR count). The first-order chi connectivity index (χ1) is 9.72. The Kier molecular flexibility index (Phi) is 4.89. The van der Waals surface area contributed by atoms with E-state index in [1.807, 2.05) is 0 Å². The summed E-state index contributed by atoms with van der Waals surface area (Å²) in [6.45, 7) is -1.37. The van der Waals surface area contributed by atoms with Gasteiger partial charge in [-0.1, -0.05) is 0 Å². The van der Waals surface area contributed by atoms with E-state index in [4.69, 9.17) is 11.5 Å². The molecule has 9 nitrogen and oxygen atoms in total. The van der Waals surface area contributed by atoms with Gasteiger partial charge in [-0.3, -0.25) is 24.5 Å². The molecule has 1 aromatic carbocycles. The number of hydrogen-bond acceptors (Lipinski definition) is 5. The number of primary amides is 2. The summed E-state index contributed by atoms with van der Waals surface area (Å²) in [5.74, 6) is -3.90. The average Bonchev–Trinajstić information content (AvgIpc) is 2.35. The Morgan fingerprint density at radius 3 is 2.14 bits per heavy atom. The van der Waals surface area contributed by atoms with E-state index in [0.717, 1.165) is 12.1 Å². The smallest absolute Gasteiger partial charge is 0.282 e. The molecule has 0 aliphatic rings. The molecule has 3 amide bonds. The van der Waals surface area contributed by atoms with Crippen molar-refractivity contribution in [1.82, 2.24) is 4.90 Å². The van der Waals surface area contributed by atoms with Crippen LogP contribution in [0, 0.1) is 15.9 Å². The Labute approximate surface area is 117 Å². The molecular weight excluding hydrogens is 287 g/mol. The third kappa shape index (κ3) is 4.23. The minimum atomic E-state index is -1.10. The van der Waals surface area contributed by atoms with Crippen LogP contribution in [-0.2, 0) is 9.59 Å². The second kappa shape index (κ2) is 6.41. The monoisotopic (exact) mass is 298 g/mol. The molecule has 0 fully saturated rings. The Morgan fingerprint density at radius 1 is 1.19 bits per heavy atom. The number of nitro benzene ring substituents is 1. The molecule has 21 heavy (non-hydrogen) atoms. The maximum Gasteiger partial charge on any atom is 0.282 e. The van der Waals surface area contributed by atoms with Gasteiger partial charge in [0.2, 0.25) is 11.8 Å². The van der Waals surface area contributed by atoms with Gasteiger partial charge in [0.1, 0.15) is 24.5 Å². The number of nitro groups is 1. The lowest BCUT2D eigenvalue weighted by Crippen LogP contribution is -2.43. The van der Waals surface area contributed by atoms with Crippen LogP contribution in [0.25, 0.3) is 0 Å². The maximum absolute atomic E-state index is 13.2. The Bertz CT molecular complexity index is 603. The predicted octanol–water partition coefficient (Wildman–Crippen LogP) is -0.853. The number of carbonyl (C=O) groups excluding carboxylic acids is 3. The molecule has 0 aromatic heterocycles. The van der Waals surface area contributed by atoms with Crippen LogP contribution in [-0.4, -0.2) is 40.6 Å². The second-order valence-corrected chi connectivity index (χ2v) is 4.01. The van der Waals surface area contributed by atoms with Gasteiger partial charge in [0.25, 0.3) is 11.6 Å². The predicted molar refractivity (Wildman–Crippen MR) is 67.3 cm³/mol. The number of halogens is 1. The first-order valence-electron chi connectivity index (χ1n) is 5.52. The summed E-state index contributed by atoms with van der Waals surface area (Å²) in [7, 11) is 0. The fourth-order valence-electron chi connectivity index (χ4n) is 1.58. The highest BCUT2D eigenvalue weighted by atomic mass is 19.1. The molecular formula is C11H11FN4O5. The first kappa shape index (κ1) is 16.0. The molecule has 0 aliphatic carbocycles. The normalized spacial score (nSPS) is 9.95. The third-order valence-corrected chi connectivity index (χ3v) is 2.37. The number of amides is 3. The molecule has 0 unspecified atom stereocenters. The molecule has 0 bridgehead atoms. The molecule has 0 spiro atoms. The van der Waals surface area contributed by atoms with Crippen molar-refractivity contribution >= 4 is 23.4 Å². The summed E-state index contributed by atoms with van der Waals surface area (Å²) < 4.78 is 13.2. The quantitative estimate of drug-likeness (QED) is 0.517. The molecule has 112 valence electrons. The summed E-state index contributed by atoms with van der Waals surface area (Å²) in [5.41, 5.74) is 8.56. The molecule has 0 heterocycles. The van der Waals surface area contributed by atoms with Crippen molar-refractivity contribution in [1.29, 1.82) is 0 Å². The largest absolute Gasteiger partial charge is 0.368 e. The van der Waals surface area contributed by atoms with E-state index in [2.05, 4.69) is 0 Å². The third-order valence-electron chi connectivity index (χ3n) is 2.37. The second-order valence-electron chi connectivity index (χ2n) is 4.01. The van der Waals surface area contributed by atoms with E-state index in [1.54, 1.807) is 0 Å². The number of nitrogens with two attached hydrogens (primary N) is 2. The van der Waals surface area contributed by atoms with Crippen LogP contribution in [0.3, 0.4) is 0 Å². The van der Waals surface area contributed by atoms with E-state index < -0.39 is 52.8 Å². The standard InChI is InChI=1S/C11H11FN4O5/c12-6-1-2-8(16(20)21)7(3-6)11(19)15(4-9(13)17)5-10(14)18/h1-3H,4-5H2,(H2,13,17)(H2,14,18). The molecule has 10 heteroatoms. The van der Waals surface area contributed by atoms with Crippen LogP contribution in [0.1, 0.15) is 10.4 Å². The molecule has 1 aromatic rings. The molecule has 0 aliphatic heterocycles. The number of rotatable bonds is 6. The highest BCUT2D eigenvalue weighted by Gasteiger charge is 2.27. The lowest BCUT2D eigenvalue weighted by Gasteiger charge is -2.19. The summed E-state index contributed by atoms with van der Waals surface area (Å²) in [6, 6.07) is 2.24. The summed E-state index contributed by atoms with van der Waals surface area (Å²) in [6.07, 6.45) is 0. The van der Waals surface area contributed by atoms with Crippen molar-refractivity contribution in [3.63, 3.8) is 0 Å². The van der Waals surface area contributed by atoms with Crippen molar-refractivity contribution in [2.24, 2.45) is 11.5 Å². The van der Waals surface area contributed by atoms with Crippen LogP contribution in [0.4, 0.5) is 10.1 Å². The zero-order valence-electron chi connectivity index (χ0n) is 10.6. The fraction of sp³-hybridized carbons (Fsp3) is 0.182. The minimum absolute atomic E-state index is 0.604. The van der Waals surface area contributed by atoms with Crippen molar-refractivity contribution in [3.8, 4) is 0 Å². The van der Waals surface area contributed by atoms with Gasteiger partial charge in [0.05, 0.1) is 4.92 Å². The topological polar surface area (TPSA) is 150 Å². The number of benzene rings is 1. The highest BCUT2D eigenvalue weighted by molar-refractivity contribution is 6.01. The van der Waals surface area contributed by atoms with Crippen LogP contribution < -0.4 is 11.5 Å². The average molecular weight is 298 g/mol. The lowest BCUT2D eigenvalue weighted by molar-refractivity contribution is -0.385. The maximum atomic E-state index is 13.2. The molecule has 0 saturated carbocycles. The van der Waals surface area contributed by atoms with E-state index in [0.29, 0.717) is 11.0 Å². The van der Waals surface area contributed by atoms with Gasteiger partial charge in [0.15, 0.2) is 0 Å². The van der Waals surface area contributed by atoms with Crippen molar-refractivity contribution in [2.45, 2.75) is 0 Å². The molecule has 0 saturated heterocycles. The van der Waals surface area contributed by atoms with Gasteiger partial charge in [-0.15, -0.1) is 0 Å². The van der Waals surface area contributed by atoms with Crippen molar-refractivity contribution in [3.05, 3.63) is 39.7 Å². The van der Waals surface area contributed by atoms with Crippen LogP contribution in [0.5, 0.6) is 0 Å². The molecule has 0 radical (unpaired) electrons. The lowest BCUT2D eigenvalue weighted by atomic mass is 10.1. The highest BCUT2D eigenvalue weighted by Crippen LogP contribution is 2.21. The zero-order valence-corrected chi connectivity index (χ0v) is 10.6. The van der Waals surface area contributed by atoms with Gasteiger partial charge >= 0.3 is 0 Å². The van der Waals surface area contributed by atoms with E-state index in [9.17, 15) is 28.9 Å². The minimum Gasteiger partial charge on any atom is -0.368 e. The van der Waals surface area contributed by atoms with Crippen LogP contribution >= 0.6 is 0 Å². The molecule has 0 atom stereocenters. The van der Waals surface area contributed by atoms with Gasteiger partial charge in [-0.05, 0) is 12.1 Å². The summed E-state index contributed by atoms with van der Waals surface area (Å²) >= 11 is 0. The number of hydrogen-bond donors (Lipinski definition) is 2. The zero-order chi connectivity index (χ0) is 16.2. The van der Waals surface area contributed by atoms with Crippen molar-refractivity contribution < 1.29 is 23.7 Å². The number of nitrogens with zero attached hydrogens (tertiary/aromatic N) is 2. The first-order valence-corrected chi connectivity index (χ1v) is 5.52. The van der Waals surface area contributed by atoms with Crippen LogP contribution in [0.15, 0.2) is 18.2 Å². The van der Waals surface area contributed by atoms with Gasteiger partial charge in [0, 0.05) is 6.07 Å². The van der Waals surface area contributed by atoms with Gasteiger partial charge in [-0.2, -0.15) is 0 Å². The number of carbonyl (C=O) groups is 3. The van der Waals surface area contributed by atoms with Gasteiger partial charge in [-0.25, -0.2) is 4.39 Å². The van der Waals surface area contributed by atoms with Crippen LogP contribution in [0.2, 0.25) is 0 Å².